The molecule has 0 saturated carbocycles. The first-order valence-electron chi connectivity index (χ1n) is 10.3. The topological polar surface area (TPSA) is 46.4 Å². The number of nitrogens with one attached hydrogen (secondary N) is 2. The number of carbonyl (C=O) groups is 1. The maximum absolute atomic E-state index is 12.5. The van der Waals surface area contributed by atoms with E-state index in [2.05, 4.69) is 42.3 Å². The van der Waals surface area contributed by atoms with E-state index in [0.717, 1.165) is 54.6 Å². The lowest BCUT2D eigenvalue weighted by Gasteiger charge is -2.29. The van der Waals surface area contributed by atoms with Crippen LogP contribution in [0.15, 0.2) is 48.5 Å². The van der Waals surface area contributed by atoms with Crippen molar-refractivity contribution in [2.45, 2.75) is 33.2 Å². The zero-order valence-electron chi connectivity index (χ0n) is 17.0. The third-order valence-corrected chi connectivity index (χ3v) is 6.41. The molecule has 2 N–H and O–H groups in total. The number of likely N-dealkylation sites (tertiary alicyclic amines) is 1. The van der Waals surface area contributed by atoms with E-state index in [1.807, 2.05) is 30.3 Å². The molecule has 1 amide bonds. The van der Waals surface area contributed by atoms with Crippen LogP contribution in [0.2, 0.25) is 5.15 Å². The molecule has 4 nitrogen and oxygen atoms in total. The van der Waals surface area contributed by atoms with Gasteiger partial charge >= 0.3 is 0 Å². The van der Waals surface area contributed by atoms with Gasteiger partial charge in [-0.15, -0.1) is 0 Å². The number of nitrogens with zero attached hydrogens (tertiary/aromatic N) is 1. The minimum Gasteiger partial charge on any atom is -0.331 e. The number of para-hydroxylation sites is 1. The summed E-state index contributed by atoms with van der Waals surface area (Å²) in [5, 5.41) is 4.78. The summed E-state index contributed by atoms with van der Waals surface area (Å²) in [6, 6.07) is 16.1. The van der Waals surface area contributed by atoms with Gasteiger partial charge in [0, 0.05) is 35.4 Å². The largest absolute Gasteiger partial charge is 0.331 e. The highest BCUT2D eigenvalue weighted by Crippen LogP contribution is 2.25. The number of pyridine rings is 1. The van der Waals surface area contributed by atoms with E-state index in [0.29, 0.717) is 5.15 Å². The molecule has 0 bridgehead atoms. The molecule has 29 heavy (non-hydrogen) atoms. The van der Waals surface area contributed by atoms with E-state index in [1.165, 1.54) is 16.0 Å². The number of fused-ring (bicyclic) bond motifs is 1. The number of piperidine rings is 1. The van der Waals surface area contributed by atoms with E-state index >= 15 is 0 Å². The Labute approximate surface area is 176 Å². The first-order chi connectivity index (χ1) is 14.0. The highest BCUT2D eigenvalue weighted by molar-refractivity contribution is 6.30. The molecule has 0 unspecified atom stereocenters. The summed E-state index contributed by atoms with van der Waals surface area (Å²) in [6.07, 6.45) is 1.79. The number of anilines is 1. The summed E-state index contributed by atoms with van der Waals surface area (Å²) in [4.78, 5) is 18.7. The molecule has 1 fully saturated rings. The summed E-state index contributed by atoms with van der Waals surface area (Å²) in [5.41, 5.74) is 5.37. The van der Waals surface area contributed by atoms with E-state index < -0.39 is 0 Å². The van der Waals surface area contributed by atoms with Crippen LogP contribution in [0.3, 0.4) is 0 Å². The van der Waals surface area contributed by atoms with Crippen molar-refractivity contribution in [3.05, 3.63) is 70.4 Å². The Kier molecular flexibility index (Phi) is 5.84. The lowest BCUT2D eigenvalue weighted by atomic mass is 9.95. The lowest BCUT2D eigenvalue weighted by molar-refractivity contribution is -0.919. The SMILES string of the molecule is Cc1ccc2cc(C[NH+]3CCC(C(=O)Nc4ccccc4)CC3)c(Cl)nc2c1C. The smallest absolute Gasteiger partial charge is 0.227 e. The highest BCUT2D eigenvalue weighted by Gasteiger charge is 2.28. The molecule has 5 heteroatoms. The molecule has 2 heterocycles. The van der Waals surface area contributed by atoms with Crippen LogP contribution < -0.4 is 10.2 Å². The molecule has 0 spiro atoms. The Morgan fingerprint density at radius 1 is 1.14 bits per heavy atom. The van der Waals surface area contributed by atoms with Crippen LogP contribution in [0, 0.1) is 19.8 Å². The number of rotatable bonds is 4. The number of aromatic nitrogens is 1. The van der Waals surface area contributed by atoms with Crippen LogP contribution in [0.5, 0.6) is 0 Å². The molecular formula is C24H27ClN3O+. The first kappa shape index (κ1) is 19.9. The summed E-state index contributed by atoms with van der Waals surface area (Å²) in [7, 11) is 0. The Balaban J connectivity index is 1.39. The number of aryl methyl sites for hydroxylation is 2. The van der Waals surface area contributed by atoms with Gasteiger partial charge in [-0.1, -0.05) is 41.9 Å². The van der Waals surface area contributed by atoms with Crippen molar-refractivity contribution in [1.29, 1.82) is 0 Å². The van der Waals surface area contributed by atoms with Crippen molar-refractivity contribution in [2.24, 2.45) is 5.92 Å². The van der Waals surface area contributed by atoms with Crippen LogP contribution in [-0.2, 0) is 11.3 Å². The molecule has 1 aliphatic heterocycles. The lowest BCUT2D eigenvalue weighted by Crippen LogP contribution is -3.11. The normalized spacial score (nSPS) is 19.3. The van der Waals surface area contributed by atoms with Crippen molar-refractivity contribution in [2.75, 3.05) is 18.4 Å². The van der Waals surface area contributed by atoms with Gasteiger partial charge in [0.2, 0.25) is 5.91 Å². The fourth-order valence-electron chi connectivity index (χ4n) is 4.13. The Bertz CT molecular complexity index is 1030. The van der Waals surface area contributed by atoms with Crippen molar-refractivity contribution in [1.82, 2.24) is 4.98 Å². The average Bonchev–Trinajstić information content (AvgIpc) is 2.73. The minimum atomic E-state index is 0.0785. The predicted octanol–water partition coefficient (Wildman–Crippen LogP) is 3.94. The van der Waals surface area contributed by atoms with E-state index in [1.54, 1.807) is 0 Å². The summed E-state index contributed by atoms with van der Waals surface area (Å²) in [5.74, 6) is 0.210. The molecular weight excluding hydrogens is 382 g/mol. The minimum absolute atomic E-state index is 0.0785. The Morgan fingerprint density at radius 2 is 1.86 bits per heavy atom. The number of amides is 1. The zero-order valence-corrected chi connectivity index (χ0v) is 17.7. The molecule has 3 aromatic rings. The van der Waals surface area contributed by atoms with E-state index in [-0.39, 0.29) is 11.8 Å². The van der Waals surface area contributed by atoms with Crippen LogP contribution in [0.4, 0.5) is 5.69 Å². The van der Waals surface area contributed by atoms with Gasteiger partial charge < -0.3 is 10.2 Å². The number of halogens is 1. The molecule has 2 aromatic carbocycles. The summed E-state index contributed by atoms with van der Waals surface area (Å²) < 4.78 is 0. The molecule has 1 aromatic heterocycles. The third-order valence-electron chi connectivity index (χ3n) is 6.08. The second-order valence-corrected chi connectivity index (χ2v) is 8.43. The maximum atomic E-state index is 12.5. The molecule has 0 atom stereocenters. The van der Waals surface area contributed by atoms with Crippen molar-refractivity contribution in [3.8, 4) is 0 Å². The number of hydrogen-bond donors (Lipinski definition) is 2. The van der Waals surface area contributed by atoms with Gasteiger partial charge in [-0.3, -0.25) is 4.79 Å². The van der Waals surface area contributed by atoms with E-state index in [9.17, 15) is 4.79 Å². The first-order valence-corrected chi connectivity index (χ1v) is 10.6. The predicted molar refractivity (Wildman–Crippen MR) is 118 cm³/mol. The van der Waals surface area contributed by atoms with Gasteiger partial charge in [-0.2, -0.15) is 0 Å². The Morgan fingerprint density at radius 3 is 2.59 bits per heavy atom. The van der Waals surface area contributed by atoms with Crippen LogP contribution >= 0.6 is 11.6 Å². The fraction of sp³-hybridized carbons (Fsp3) is 0.333. The quantitative estimate of drug-likeness (QED) is 0.642. The average molecular weight is 409 g/mol. The number of hydrogen-bond acceptors (Lipinski definition) is 2. The molecule has 0 aliphatic carbocycles. The second kappa shape index (κ2) is 8.52. The Hall–Kier alpha value is -2.43. The summed E-state index contributed by atoms with van der Waals surface area (Å²) in [6.45, 7) is 6.97. The highest BCUT2D eigenvalue weighted by atomic mass is 35.5. The molecule has 4 rings (SSSR count). The maximum Gasteiger partial charge on any atom is 0.227 e. The standard InChI is InChI=1S/C24H26ClN3O/c1-16-8-9-19-14-20(23(25)27-22(19)17(16)2)15-28-12-10-18(11-13-28)24(29)26-21-6-4-3-5-7-21/h3-9,14,18H,10-13,15H2,1-2H3,(H,26,29)/p+1. The summed E-state index contributed by atoms with van der Waals surface area (Å²) >= 11 is 6.53. The van der Waals surface area contributed by atoms with Crippen molar-refractivity contribution in [3.63, 3.8) is 0 Å². The van der Waals surface area contributed by atoms with Gasteiger partial charge in [-0.05, 0) is 43.2 Å². The van der Waals surface area contributed by atoms with Crippen molar-refractivity contribution >= 4 is 34.1 Å². The van der Waals surface area contributed by atoms with Gasteiger partial charge in [0.25, 0.3) is 0 Å². The third kappa shape index (κ3) is 4.44. The molecule has 1 aliphatic rings. The van der Waals surface area contributed by atoms with Gasteiger partial charge in [0.15, 0.2) is 0 Å². The van der Waals surface area contributed by atoms with Crippen LogP contribution in [0.25, 0.3) is 10.9 Å². The fourth-order valence-corrected chi connectivity index (χ4v) is 4.33. The van der Waals surface area contributed by atoms with Crippen molar-refractivity contribution < 1.29 is 9.69 Å². The molecule has 0 radical (unpaired) electrons. The van der Waals surface area contributed by atoms with E-state index in [4.69, 9.17) is 11.6 Å². The van der Waals surface area contributed by atoms with Crippen LogP contribution in [-0.4, -0.2) is 24.0 Å². The molecule has 1 saturated heterocycles. The van der Waals surface area contributed by atoms with Gasteiger partial charge in [0.1, 0.15) is 11.7 Å². The zero-order chi connectivity index (χ0) is 20.4. The monoisotopic (exact) mass is 408 g/mol. The van der Waals surface area contributed by atoms with Gasteiger partial charge in [-0.25, -0.2) is 4.98 Å². The second-order valence-electron chi connectivity index (χ2n) is 8.07. The number of quaternary nitrogens is 1. The van der Waals surface area contributed by atoms with Gasteiger partial charge in [0.05, 0.1) is 18.6 Å². The number of benzene rings is 2. The number of carbonyl (C=O) groups excluding carboxylic acids is 1. The molecule has 150 valence electrons. The van der Waals surface area contributed by atoms with Crippen LogP contribution in [0.1, 0.15) is 29.5 Å².